The molecule has 5 atom stereocenters. The van der Waals surface area contributed by atoms with Crippen LogP contribution in [0, 0.1) is 0 Å². The number of benzene rings is 2. The summed E-state index contributed by atoms with van der Waals surface area (Å²) in [6, 6.07) is 14.4. The van der Waals surface area contributed by atoms with E-state index in [9.17, 15) is 24.0 Å². The second-order valence-electron chi connectivity index (χ2n) is 10.1. The number of methoxy groups -OCH3 is 1. The van der Waals surface area contributed by atoms with Gasteiger partial charge in [0.25, 0.3) is 0 Å². The molecular formula is C33H38O12. The molecule has 0 saturated carbocycles. The summed E-state index contributed by atoms with van der Waals surface area (Å²) in [6.07, 6.45) is -5.91. The van der Waals surface area contributed by atoms with E-state index in [1.54, 1.807) is 24.3 Å². The smallest absolute Gasteiger partial charge is 0.339 e. The molecule has 0 unspecified atom stereocenters. The normalized spacial score (nSPS) is 21.4. The molecule has 0 radical (unpaired) electrons. The summed E-state index contributed by atoms with van der Waals surface area (Å²) in [5, 5.41) is 0. The van der Waals surface area contributed by atoms with Crippen molar-refractivity contribution in [1.82, 2.24) is 0 Å². The van der Waals surface area contributed by atoms with E-state index in [4.69, 9.17) is 33.2 Å². The molecular weight excluding hydrogens is 588 g/mol. The molecule has 0 spiro atoms. The van der Waals surface area contributed by atoms with Gasteiger partial charge in [0.2, 0.25) is 12.4 Å². The van der Waals surface area contributed by atoms with E-state index in [-0.39, 0.29) is 5.75 Å². The van der Waals surface area contributed by atoms with Gasteiger partial charge in [0, 0.05) is 27.7 Å². The number of carbonyl (C=O) groups is 5. The second kappa shape index (κ2) is 15.8. The van der Waals surface area contributed by atoms with E-state index in [2.05, 4.69) is 6.92 Å². The Bertz CT molecular complexity index is 1410. The van der Waals surface area contributed by atoms with Crippen molar-refractivity contribution in [3.05, 3.63) is 59.7 Å². The molecule has 45 heavy (non-hydrogen) atoms. The number of ether oxygens (including phenoxy) is 7. The van der Waals surface area contributed by atoms with Gasteiger partial charge in [-0.1, -0.05) is 38.1 Å². The maximum absolute atomic E-state index is 12.7. The topological polar surface area (TPSA) is 150 Å². The highest BCUT2D eigenvalue weighted by Gasteiger charge is 2.55. The molecule has 0 bridgehead atoms. The third-order valence-corrected chi connectivity index (χ3v) is 6.83. The Morgan fingerprint density at radius 3 is 1.49 bits per heavy atom. The summed E-state index contributed by atoms with van der Waals surface area (Å²) >= 11 is 0. The van der Waals surface area contributed by atoms with Crippen molar-refractivity contribution in [2.75, 3.05) is 7.11 Å². The average molecular weight is 627 g/mol. The van der Waals surface area contributed by atoms with E-state index in [1.807, 2.05) is 31.2 Å². The number of esters is 5. The lowest BCUT2D eigenvalue weighted by atomic mass is 9.91. The van der Waals surface area contributed by atoms with Crippen LogP contribution in [-0.2, 0) is 47.7 Å². The summed E-state index contributed by atoms with van der Waals surface area (Å²) in [7, 11) is 1.11. The lowest BCUT2D eigenvalue weighted by Crippen LogP contribution is -2.64. The third kappa shape index (κ3) is 9.15. The molecule has 1 saturated heterocycles. The zero-order chi connectivity index (χ0) is 33.3. The van der Waals surface area contributed by atoms with E-state index in [0.29, 0.717) is 5.75 Å². The first-order valence-electron chi connectivity index (χ1n) is 14.4. The average Bonchev–Trinajstić information content (AvgIpc) is 2.98. The first-order chi connectivity index (χ1) is 21.4. The zero-order valence-electron chi connectivity index (χ0n) is 26.3. The Kier molecular flexibility index (Phi) is 12.2. The zero-order valence-corrected chi connectivity index (χ0v) is 26.3. The fourth-order valence-electron chi connectivity index (χ4n) is 5.12. The second-order valence-corrected chi connectivity index (χ2v) is 10.1. The van der Waals surface area contributed by atoms with Crippen LogP contribution in [0.15, 0.2) is 48.5 Å². The lowest BCUT2D eigenvalue weighted by Gasteiger charge is -2.43. The Hall–Kier alpha value is -4.71. The first kappa shape index (κ1) is 34.8. The highest BCUT2D eigenvalue weighted by molar-refractivity contribution is 5.91. The van der Waals surface area contributed by atoms with Gasteiger partial charge in [0.05, 0.1) is 7.11 Å². The van der Waals surface area contributed by atoms with E-state index in [0.717, 1.165) is 63.0 Å². The Morgan fingerprint density at radius 1 is 0.622 bits per heavy atom. The van der Waals surface area contributed by atoms with Crippen LogP contribution in [0.3, 0.4) is 0 Å². The minimum Gasteiger partial charge on any atom is -0.467 e. The predicted molar refractivity (Wildman–Crippen MR) is 160 cm³/mol. The molecule has 0 N–H and O–H groups in total. The third-order valence-electron chi connectivity index (χ3n) is 6.83. The van der Waals surface area contributed by atoms with E-state index >= 15 is 0 Å². The van der Waals surface area contributed by atoms with Crippen LogP contribution in [0.4, 0.5) is 0 Å². The van der Waals surface area contributed by atoms with Crippen molar-refractivity contribution >= 4 is 41.0 Å². The van der Waals surface area contributed by atoms with Crippen molar-refractivity contribution in [2.45, 2.75) is 85.1 Å². The first-order valence-corrected chi connectivity index (χ1v) is 14.4. The van der Waals surface area contributed by atoms with Crippen LogP contribution >= 0.6 is 0 Å². The van der Waals surface area contributed by atoms with Gasteiger partial charge in [0.1, 0.15) is 11.5 Å². The predicted octanol–water partition coefficient (Wildman–Crippen LogP) is 4.41. The molecule has 0 aliphatic carbocycles. The molecule has 2 aromatic carbocycles. The van der Waals surface area contributed by atoms with Gasteiger partial charge in [-0.15, -0.1) is 0 Å². The fourth-order valence-corrected chi connectivity index (χ4v) is 5.12. The van der Waals surface area contributed by atoms with Gasteiger partial charge in [0.15, 0.2) is 18.3 Å². The molecule has 0 amide bonds. The van der Waals surface area contributed by atoms with Crippen LogP contribution in [-0.4, -0.2) is 67.7 Å². The van der Waals surface area contributed by atoms with Crippen LogP contribution < -0.4 is 9.47 Å². The van der Waals surface area contributed by atoms with Gasteiger partial charge in [-0.2, -0.15) is 0 Å². The quantitative estimate of drug-likeness (QED) is 0.150. The number of allylic oxidation sites excluding steroid dienone is 2. The summed E-state index contributed by atoms with van der Waals surface area (Å²) in [4.78, 5) is 60.0. The lowest BCUT2D eigenvalue weighted by molar-refractivity contribution is -0.282. The van der Waals surface area contributed by atoms with Crippen molar-refractivity contribution in [2.24, 2.45) is 0 Å². The van der Waals surface area contributed by atoms with E-state index < -0.39 is 60.6 Å². The molecule has 1 fully saturated rings. The Balaban J connectivity index is 1.96. The Morgan fingerprint density at radius 2 is 1.07 bits per heavy atom. The van der Waals surface area contributed by atoms with E-state index in [1.165, 1.54) is 6.92 Å². The molecule has 1 aliphatic heterocycles. The van der Waals surface area contributed by atoms with Gasteiger partial charge in [-0.3, -0.25) is 19.2 Å². The summed E-state index contributed by atoms with van der Waals surface area (Å²) < 4.78 is 38.0. The maximum Gasteiger partial charge on any atom is 0.339 e. The molecule has 2 aromatic rings. The van der Waals surface area contributed by atoms with Gasteiger partial charge in [-0.05, 0) is 59.4 Å². The number of hydrogen-bond donors (Lipinski definition) is 0. The molecule has 1 aliphatic rings. The monoisotopic (exact) mass is 626 g/mol. The van der Waals surface area contributed by atoms with Gasteiger partial charge in [-0.25, -0.2) is 4.79 Å². The highest BCUT2D eigenvalue weighted by atomic mass is 16.7. The van der Waals surface area contributed by atoms with Crippen LogP contribution in [0.1, 0.15) is 65.5 Å². The SMILES string of the molecule is CC/C(=C(/CC)c1ccc(O[C@@H]2O[C@H](C(=O)OC)[C@@H](OC(C)=O)[C@H](OC(C)=O)[C@H]2OC(C)=O)cc1)c1ccc(OC(C)=O)cc1. The summed E-state index contributed by atoms with van der Waals surface area (Å²) in [5.41, 5.74) is 4.10. The van der Waals surface area contributed by atoms with Crippen molar-refractivity contribution in [3.8, 4) is 11.5 Å². The van der Waals surface area contributed by atoms with Crippen LogP contribution in [0.25, 0.3) is 11.1 Å². The Labute approximate surface area is 261 Å². The molecule has 12 nitrogen and oxygen atoms in total. The minimum absolute atomic E-state index is 0.288. The van der Waals surface area contributed by atoms with Gasteiger partial charge >= 0.3 is 29.8 Å². The van der Waals surface area contributed by atoms with Crippen LogP contribution in [0.2, 0.25) is 0 Å². The number of carbonyl (C=O) groups excluding carboxylic acids is 5. The fraction of sp³-hybridized carbons (Fsp3) is 0.424. The minimum atomic E-state index is -1.56. The molecule has 3 rings (SSSR count). The molecule has 1 heterocycles. The maximum atomic E-state index is 12.7. The van der Waals surface area contributed by atoms with Crippen molar-refractivity contribution in [1.29, 1.82) is 0 Å². The number of rotatable bonds is 11. The summed E-state index contributed by atoms with van der Waals surface area (Å²) in [5.74, 6) is -2.90. The highest BCUT2D eigenvalue weighted by Crippen LogP contribution is 2.35. The molecule has 242 valence electrons. The molecule has 12 heteroatoms. The van der Waals surface area contributed by atoms with Crippen molar-refractivity contribution < 1.29 is 57.1 Å². The van der Waals surface area contributed by atoms with Crippen LogP contribution in [0.5, 0.6) is 11.5 Å². The standard InChI is InChI=1S/C33H38O12/c1-8-26(22-10-14-24(15-11-22)40-18(3)34)27(9-2)23-12-16-25(17-13-23)44-33-31(43-21(6)37)29(42-20(5)36)28(41-19(4)35)30(45-33)32(38)39-7/h10-17,28-31,33H,8-9H2,1-7H3/b27-26+/t28-,29-,30-,31+,33+/m0/s1. The molecule has 0 aromatic heterocycles. The van der Waals surface area contributed by atoms with Crippen molar-refractivity contribution in [3.63, 3.8) is 0 Å². The number of hydrogen-bond acceptors (Lipinski definition) is 12. The van der Waals surface area contributed by atoms with Gasteiger partial charge < -0.3 is 33.2 Å². The largest absolute Gasteiger partial charge is 0.467 e. The summed E-state index contributed by atoms with van der Waals surface area (Å²) in [6.45, 7) is 8.80.